The van der Waals surface area contributed by atoms with E-state index >= 15 is 0 Å². The molecule has 0 atom stereocenters. The summed E-state index contributed by atoms with van der Waals surface area (Å²) in [5.41, 5.74) is 1.25. The molecule has 1 aromatic heterocycles. The van der Waals surface area contributed by atoms with Gasteiger partial charge in [-0.05, 0) is 24.3 Å². The highest BCUT2D eigenvalue weighted by molar-refractivity contribution is 6.31. The van der Waals surface area contributed by atoms with Gasteiger partial charge in [0.15, 0.2) is 11.4 Å². The van der Waals surface area contributed by atoms with Crippen LogP contribution in [0.4, 0.5) is 4.39 Å². The number of hydrogen-bond acceptors (Lipinski definition) is 4. The third-order valence-electron chi connectivity index (χ3n) is 5.02. The van der Waals surface area contributed by atoms with Crippen molar-refractivity contribution in [2.45, 2.75) is 6.54 Å². The van der Waals surface area contributed by atoms with E-state index in [1.54, 1.807) is 17.0 Å². The number of nitrogens with zero attached hydrogens (tertiary/aromatic N) is 4. The Kier molecular flexibility index (Phi) is 5.51. The van der Waals surface area contributed by atoms with Crippen LogP contribution in [0.5, 0.6) is 5.75 Å². The minimum Gasteiger partial charge on any atom is -0.504 e. The molecule has 0 bridgehead atoms. The molecule has 29 heavy (non-hydrogen) atoms. The highest BCUT2D eigenvalue weighted by atomic mass is 35.5. The van der Waals surface area contributed by atoms with Gasteiger partial charge in [-0.3, -0.25) is 9.69 Å². The highest BCUT2D eigenvalue weighted by Gasteiger charge is 2.27. The molecule has 3 aromatic rings. The van der Waals surface area contributed by atoms with Gasteiger partial charge >= 0.3 is 0 Å². The second-order valence-electron chi connectivity index (χ2n) is 6.91. The molecule has 6 nitrogen and oxygen atoms in total. The first kappa shape index (κ1) is 19.4. The van der Waals surface area contributed by atoms with Crippen molar-refractivity contribution in [2.24, 2.45) is 0 Å². The van der Waals surface area contributed by atoms with Crippen LogP contribution in [0.25, 0.3) is 5.69 Å². The smallest absolute Gasteiger partial charge is 0.278 e. The SMILES string of the molecule is O=C(c1nn(-c2ccccc2)cc1O)N1CCN(Cc2c(F)cccc2Cl)CC1. The summed E-state index contributed by atoms with van der Waals surface area (Å²) in [6.45, 7) is 2.47. The summed E-state index contributed by atoms with van der Waals surface area (Å²) >= 11 is 6.11. The Bertz CT molecular complexity index is 997. The average Bonchev–Trinajstić information content (AvgIpc) is 3.13. The lowest BCUT2D eigenvalue weighted by Gasteiger charge is -2.34. The molecule has 1 saturated heterocycles. The van der Waals surface area contributed by atoms with Crippen molar-refractivity contribution in [3.8, 4) is 11.4 Å². The molecule has 2 aromatic carbocycles. The highest BCUT2D eigenvalue weighted by Crippen LogP contribution is 2.23. The Morgan fingerprint density at radius 1 is 1.07 bits per heavy atom. The number of carbonyl (C=O) groups is 1. The number of halogens is 2. The quantitative estimate of drug-likeness (QED) is 0.711. The Balaban J connectivity index is 1.41. The number of rotatable bonds is 4. The summed E-state index contributed by atoms with van der Waals surface area (Å²) in [6.07, 6.45) is 1.43. The van der Waals surface area contributed by atoms with E-state index in [-0.39, 0.29) is 23.2 Å². The Hall–Kier alpha value is -2.90. The van der Waals surface area contributed by atoms with Crippen molar-refractivity contribution >= 4 is 17.5 Å². The predicted molar refractivity (Wildman–Crippen MR) is 108 cm³/mol. The van der Waals surface area contributed by atoms with E-state index < -0.39 is 0 Å². The number of amides is 1. The lowest BCUT2D eigenvalue weighted by Crippen LogP contribution is -2.48. The maximum atomic E-state index is 14.0. The topological polar surface area (TPSA) is 61.6 Å². The standard InChI is InChI=1S/C21H20ClFN4O2/c22-17-7-4-8-18(23)16(17)13-25-9-11-26(12-10-25)21(29)20-19(28)14-27(24-20)15-5-2-1-3-6-15/h1-8,14,28H,9-13H2. The van der Waals surface area contributed by atoms with Gasteiger partial charge in [0.25, 0.3) is 5.91 Å². The maximum absolute atomic E-state index is 14.0. The lowest BCUT2D eigenvalue weighted by molar-refractivity contribution is 0.0618. The minimum atomic E-state index is -0.326. The van der Waals surface area contributed by atoms with Crippen LogP contribution in [0.1, 0.15) is 16.1 Å². The second kappa shape index (κ2) is 8.23. The molecular weight excluding hydrogens is 395 g/mol. The van der Waals surface area contributed by atoms with Gasteiger partial charge in [0.1, 0.15) is 5.82 Å². The molecule has 1 aliphatic rings. The summed E-state index contributed by atoms with van der Waals surface area (Å²) in [4.78, 5) is 16.5. The van der Waals surface area contributed by atoms with Crippen LogP contribution in [0, 0.1) is 5.82 Å². The van der Waals surface area contributed by atoms with E-state index in [2.05, 4.69) is 10.00 Å². The van der Waals surface area contributed by atoms with Crippen molar-refractivity contribution < 1.29 is 14.3 Å². The lowest BCUT2D eigenvalue weighted by atomic mass is 10.1. The van der Waals surface area contributed by atoms with E-state index in [9.17, 15) is 14.3 Å². The third kappa shape index (κ3) is 4.11. The van der Waals surface area contributed by atoms with Crippen LogP contribution < -0.4 is 0 Å². The van der Waals surface area contributed by atoms with Gasteiger partial charge in [-0.2, -0.15) is 5.10 Å². The molecule has 0 spiro atoms. The molecule has 0 radical (unpaired) electrons. The van der Waals surface area contributed by atoms with E-state index in [4.69, 9.17) is 11.6 Å². The van der Waals surface area contributed by atoms with E-state index in [1.165, 1.54) is 16.9 Å². The Morgan fingerprint density at radius 3 is 2.48 bits per heavy atom. The zero-order valence-corrected chi connectivity index (χ0v) is 16.4. The molecule has 0 aliphatic carbocycles. The number of aromatic hydroxyl groups is 1. The number of carbonyl (C=O) groups excluding carboxylic acids is 1. The maximum Gasteiger partial charge on any atom is 0.278 e. The van der Waals surface area contributed by atoms with Gasteiger partial charge in [-0.15, -0.1) is 0 Å². The molecule has 1 aliphatic heterocycles. The molecule has 4 rings (SSSR count). The minimum absolute atomic E-state index is 0.0273. The van der Waals surface area contributed by atoms with Gasteiger partial charge in [0.2, 0.25) is 0 Å². The molecule has 0 saturated carbocycles. The number of benzene rings is 2. The van der Waals surface area contributed by atoms with Crippen LogP contribution in [-0.4, -0.2) is 56.8 Å². The molecule has 8 heteroatoms. The normalized spacial score (nSPS) is 14.9. The number of para-hydroxylation sites is 1. The predicted octanol–water partition coefficient (Wildman–Crippen LogP) is 3.33. The fourth-order valence-corrected chi connectivity index (χ4v) is 3.62. The van der Waals surface area contributed by atoms with Gasteiger partial charge in [-0.25, -0.2) is 9.07 Å². The van der Waals surface area contributed by atoms with Crippen LogP contribution in [0.2, 0.25) is 5.02 Å². The van der Waals surface area contributed by atoms with Crippen LogP contribution in [0.15, 0.2) is 54.7 Å². The molecule has 0 unspecified atom stereocenters. The Morgan fingerprint density at radius 2 is 1.79 bits per heavy atom. The van der Waals surface area contributed by atoms with Crippen LogP contribution in [0.3, 0.4) is 0 Å². The Labute approximate surface area is 172 Å². The van der Waals surface area contributed by atoms with Crippen molar-refractivity contribution in [2.75, 3.05) is 26.2 Å². The summed E-state index contributed by atoms with van der Waals surface area (Å²) in [5.74, 6) is -0.799. The second-order valence-corrected chi connectivity index (χ2v) is 7.32. The number of aromatic nitrogens is 2. The molecular formula is C21H20ClFN4O2. The van der Waals surface area contributed by atoms with Crippen LogP contribution >= 0.6 is 11.6 Å². The summed E-state index contributed by atoms with van der Waals surface area (Å²) in [6, 6.07) is 13.9. The van der Waals surface area contributed by atoms with Gasteiger partial charge in [0, 0.05) is 43.3 Å². The monoisotopic (exact) mass is 414 g/mol. The van der Waals surface area contributed by atoms with Crippen LogP contribution in [-0.2, 0) is 6.54 Å². The van der Waals surface area contributed by atoms with E-state index in [1.807, 2.05) is 30.3 Å². The van der Waals surface area contributed by atoms with Crippen molar-refractivity contribution in [3.05, 3.63) is 76.8 Å². The first-order valence-electron chi connectivity index (χ1n) is 9.31. The first-order valence-corrected chi connectivity index (χ1v) is 9.69. The molecule has 1 N–H and O–H groups in total. The number of hydrogen-bond donors (Lipinski definition) is 1. The summed E-state index contributed by atoms with van der Waals surface area (Å²) in [7, 11) is 0. The zero-order chi connectivity index (χ0) is 20.4. The fourth-order valence-electron chi connectivity index (χ4n) is 3.40. The van der Waals surface area contributed by atoms with Gasteiger partial charge in [0.05, 0.1) is 11.9 Å². The summed E-state index contributed by atoms with van der Waals surface area (Å²) < 4.78 is 15.5. The van der Waals surface area contributed by atoms with Gasteiger partial charge in [-0.1, -0.05) is 35.9 Å². The van der Waals surface area contributed by atoms with Gasteiger partial charge < -0.3 is 10.0 Å². The number of piperazine rings is 1. The fraction of sp³-hybridized carbons (Fsp3) is 0.238. The first-order chi connectivity index (χ1) is 14.0. The van der Waals surface area contributed by atoms with E-state index in [0.717, 1.165) is 5.69 Å². The van der Waals surface area contributed by atoms with Crippen molar-refractivity contribution in [3.63, 3.8) is 0 Å². The average molecular weight is 415 g/mol. The van der Waals surface area contributed by atoms with Crippen molar-refractivity contribution in [1.29, 1.82) is 0 Å². The van der Waals surface area contributed by atoms with E-state index in [0.29, 0.717) is 43.3 Å². The molecule has 1 fully saturated rings. The molecule has 2 heterocycles. The largest absolute Gasteiger partial charge is 0.504 e. The zero-order valence-electron chi connectivity index (χ0n) is 15.6. The van der Waals surface area contributed by atoms with Crippen molar-refractivity contribution in [1.82, 2.24) is 19.6 Å². The molecule has 1 amide bonds. The molecule has 150 valence electrons. The summed E-state index contributed by atoms with van der Waals surface area (Å²) in [5, 5.41) is 14.9. The third-order valence-corrected chi connectivity index (χ3v) is 5.38.